The van der Waals surface area contributed by atoms with Crippen molar-refractivity contribution in [2.75, 3.05) is 11.5 Å². The van der Waals surface area contributed by atoms with Crippen molar-refractivity contribution in [1.29, 1.82) is 0 Å². The molecule has 0 amide bonds. The molecule has 2 aromatic rings. The molecule has 0 fully saturated rings. The van der Waals surface area contributed by atoms with Gasteiger partial charge in [-0.25, -0.2) is 13.4 Å². The SMILES string of the molecule is O=S(=O)(Nc1ccc(Cl)nc1I)c1ccc2c(c1)OCO2. The van der Waals surface area contributed by atoms with Crippen LogP contribution in [0.4, 0.5) is 5.69 Å². The Balaban J connectivity index is 1.93. The van der Waals surface area contributed by atoms with E-state index in [9.17, 15) is 8.42 Å². The first-order valence-electron chi connectivity index (χ1n) is 5.70. The molecule has 0 unspecified atom stereocenters. The number of pyridine rings is 1. The number of sulfonamides is 1. The lowest BCUT2D eigenvalue weighted by Gasteiger charge is -2.10. The van der Waals surface area contributed by atoms with Gasteiger partial charge in [-0.3, -0.25) is 4.72 Å². The van der Waals surface area contributed by atoms with Gasteiger partial charge in [0.2, 0.25) is 6.79 Å². The molecule has 21 heavy (non-hydrogen) atoms. The highest BCUT2D eigenvalue weighted by molar-refractivity contribution is 14.1. The Kier molecular flexibility index (Phi) is 3.84. The summed E-state index contributed by atoms with van der Waals surface area (Å²) in [5, 5.41) is 0.297. The van der Waals surface area contributed by atoms with Gasteiger partial charge >= 0.3 is 0 Å². The van der Waals surface area contributed by atoms with Crippen LogP contribution in [0.2, 0.25) is 5.15 Å². The normalized spacial score (nSPS) is 13.2. The minimum Gasteiger partial charge on any atom is -0.454 e. The number of hydrogen-bond donors (Lipinski definition) is 1. The van der Waals surface area contributed by atoms with Gasteiger partial charge in [0, 0.05) is 6.07 Å². The third-order valence-electron chi connectivity index (χ3n) is 2.71. The average molecular weight is 439 g/mol. The topological polar surface area (TPSA) is 77.5 Å². The highest BCUT2D eigenvalue weighted by Crippen LogP contribution is 2.34. The fourth-order valence-electron chi connectivity index (χ4n) is 1.74. The average Bonchev–Trinajstić information content (AvgIpc) is 2.89. The summed E-state index contributed by atoms with van der Waals surface area (Å²) in [7, 11) is -3.74. The van der Waals surface area contributed by atoms with Gasteiger partial charge < -0.3 is 9.47 Å². The van der Waals surface area contributed by atoms with Gasteiger partial charge in [-0.1, -0.05) is 11.6 Å². The second-order valence-corrected chi connectivity index (χ2v) is 7.18. The van der Waals surface area contributed by atoms with Crippen molar-refractivity contribution in [3.63, 3.8) is 0 Å². The van der Waals surface area contributed by atoms with Gasteiger partial charge in [-0.05, 0) is 46.9 Å². The van der Waals surface area contributed by atoms with Crippen molar-refractivity contribution < 1.29 is 17.9 Å². The van der Waals surface area contributed by atoms with Crippen LogP contribution in [0.3, 0.4) is 0 Å². The number of benzene rings is 1. The minimum absolute atomic E-state index is 0.0810. The molecule has 9 heteroatoms. The Morgan fingerprint density at radius 2 is 1.95 bits per heavy atom. The number of rotatable bonds is 3. The standard InChI is InChI=1S/C12H8ClIN2O4S/c13-11-4-2-8(12(14)15-11)16-21(17,18)7-1-3-9-10(5-7)20-6-19-9/h1-5,16H,6H2. The van der Waals surface area contributed by atoms with Crippen LogP contribution in [0.1, 0.15) is 0 Å². The van der Waals surface area contributed by atoms with E-state index in [1.54, 1.807) is 12.1 Å². The second kappa shape index (κ2) is 5.50. The summed E-state index contributed by atoms with van der Waals surface area (Å²) in [5.41, 5.74) is 0.359. The molecule has 0 saturated carbocycles. The Morgan fingerprint density at radius 3 is 2.71 bits per heavy atom. The van der Waals surface area contributed by atoms with Crippen LogP contribution in [0.15, 0.2) is 35.2 Å². The third-order valence-corrected chi connectivity index (χ3v) is 5.11. The summed E-state index contributed by atoms with van der Waals surface area (Å²) in [4.78, 5) is 4.07. The molecule has 0 radical (unpaired) electrons. The van der Waals surface area contributed by atoms with Crippen molar-refractivity contribution in [3.05, 3.63) is 39.2 Å². The quantitative estimate of drug-likeness (QED) is 0.589. The third kappa shape index (κ3) is 3.01. The molecule has 1 aromatic heterocycles. The second-order valence-electron chi connectivity index (χ2n) is 4.09. The molecule has 1 aliphatic heterocycles. The predicted molar refractivity (Wildman–Crippen MR) is 85.3 cm³/mol. The molecule has 6 nitrogen and oxygen atoms in total. The first kappa shape index (κ1) is 14.7. The number of fused-ring (bicyclic) bond motifs is 1. The summed E-state index contributed by atoms with van der Waals surface area (Å²) < 4.78 is 38.0. The van der Waals surface area contributed by atoms with E-state index in [0.29, 0.717) is 26.0 Å². The lowest BCUT2D eigenvalue weighted by Crippen LogP contribution is -2.14. The fourth-order valence-corrected chi connectivity index (χ4v) is 3.87. The Bertz CT molecular complexity index is 813. The van der Waals surface area contributed by atoms with Gasteiger partial charge in [-0.2, -0.15) is 0 Å². The largest absolute Gasteiger partial charge is 0.454 e. The number of ether oxygens (including phenoxy) is 2. The molecule has 0 bridgehead atoms. The lowest BCUT2D eigenvalue weighted by molar-refractivity contribution is 0.174. The molecule has 1 N–H and O–H groups in total. The molecule has 3 rings (SSSR count). The van der Waals surface area contributed by atoms with Crippen LogP contribution in [-0.4, -0.2) is 20.2 Å². The zero-order valence-corrected chi connectivity index (χ0v) is 14.1. The van der Waals surface area contributed by atoms with E-state index in [-0.39, 0.29) is 11.7 Å². The van der Waals surface area contributed by atoms with Crippen molar-refractivity contribution >= 4 is 49.9 Å². The number of aromatic nitrogens is 1. The van der Waals surface area contributed by atoms with E-state index in [1.807, 2.05) is 22.6 Å². The van der Waals surface area contributed by atoms with Crippen LogP contribution in [0.5, 0.6) is 11.5 Å². The maximum Gasteiger partial charge on any atom is 0.262 e. The van der Waals surface area contributed by atoms with Crippen LogP contribution in [0.25, 0.3) is 0 Å². The Hall–Kier alpha value is -1.26. The van der Waals surface area contributed by atoms with Crippen molar-refractivity contribution in [2.24, 2.45) is 0 Å². The van der Waals surface area contributed by atoms with Crippen molar-refractivity contribution in [3.8, 4) is 11.5 Å². The lowest BCUT2D eigenvalue weighted by atomic mass is 10.3. The summed E-state index contributed by atoms with van der Waals surface area (Å²) in [5.74, 6) is 0.929. The first-order chi connectivity index (χ1) is 9.95. The summed E-state index contributed by atoms with van der Waals surface area (Å²) >= 11 is 7.65. The fraction of sp³-hybridized carbons (Fsp3) is 0.0833. The van der Waals surface area contributed by atoms with Crippen LogP contribution in [-0.2, 0) is 10.0 Å². The molecule has 0 aliphatic carbocycles. The smallest absolute Gasteiger partial charge is 0.262 e. The molecule has 1 aromatic carbocycles. The molecule has 1 aliphatic rings. The zero-order chi connectivity index (χ0) is 15.0. The highest BCUT2D eigenvalue weighted by atomic mass is 127. The van der Waals surface area contributed by atoms with Gasteiger partial charge in [-0.15, -0.1) is 0 Å². The van der Waals surface area contributed by atoms with Crippen LogP contribution in [0, 0.1) is 3.70 Å². The monoisotopic (exact) mass is 438 g/mol. The van der Waals surface area contributed by atoms with E-state index < -0.39 is 10.0 Å². The van der Waals surface area contributed by atoms with Crippen molar-refractivity contribution in [2.45, 2.75) is 4.90 Å². The van der Waals surface area contributed by atoms with Gasteiger partial charge in [0.15, 0.2) is 11.5 Å². The molecule has 110 valence electrons. The maximum absolute atomic E-state index is 12.4. The molecular formula is C12H8ClIN2O4S. The number of halogens is 2. The summed E-state index contributed by atoms with van der Waals surface area (Å²) in [6.45, 7) is 0.0886. The maximum atomic E-state index is 12.4. The molecule has 0 atom stereocenters. The molecule has 0 saturated heterocycles. The van der Waals surface area contributed by atoms with E-state index in [2.05, 4.69) is 9.71 Å². The number of anilines is 1. The predicted octanol–water partition coefficient (Wildman–Crippen LogP) is 2.87. The van der Waals surface area contributed by atoms with Crippen LogP contribution < -0.4 is 14.2 Å². The van der Waals surface area contributed by atoms with E-state index in [1.165, 1.54) is 18.2 Å². The number of nitrogens with one attached hydrogen (secondary N) is 1. The van der Waals surface area contributed by atoms with E-state index in [4.69, 9.17) is 21.1 Å². The van der Waals surface area contributed by atoms with Crippen molar-refractivity contribution in [1.82, 2.24) is 4.98 Å². The molecule has 2 heterocycles. The first-order valence-corrected chi connectivity index (χ1v) is 8.64. The zero-order valence-electron chi connectivity index (χ0n) is 10.3. The minimum atomic E-state index is -3.74. The van der Waals surface area contributed by atoms with E-state index >= 15 is 0 Å². The summed E-state index contributed by atoms with van der Waals surface area (Å²) in [6, 6.07) is 7.50. The van der Waals surface area contributed by atoms with Gasteiger partial charge in [0.1, 0.15) is 8.85 Å². The number of hydrogen-bond acceptors (Lipinski definition) is 5. The van der Waals surface area contributed by atoms with Gasteiger partial charge in [0.25, 0.3) is 10.0 Å². The van der Waals surface area contributed by atoms with Gasteiger partial charge in [0.05, 0.1) is 10.6 Å². The summed E-state index contributed by atoms with van der Waals surface area (Å²) in [6.07, 6.45) is 0. The highest BCUT2D eigenvalue weighted by Gasteiger charge is 2.21. The Labute approximate surface area is 139 Å². The van der Waals surface area contributed by atoms with Crippen LogP contribution >= 0.6 is 34.2 Å². The Morgan fingerprint density at radius 1 is 1.19 bits per heavy atom. The van der Waals surface area contributed by atoms with E-state index in [0.717, 1.165) is 0 Å². The molecular weight excluding hydrogens is 431 g/mol. The molecule has 0 spiro atoms. The number of nitrogens with zero attached hydrogens (tertiary/aromatic N) is 1.